The van der Waals surface area contributed by atoms with Gasteiger partial charge in [0.1, 0.15) is 11.8 Å². The Morgan fingerprint density at radius 3 is 2.90 bits per heavy atom. The molecule has 1 aliphatic heterocycles. The standard InChI is InChI=1S/C17H23NO3/c1-11-8-9-18(16(11)17(19)20)15-5-3-4-12-10-13(21-2)6-7-14(12)15/h6-7,10-11,15-16H,3-5,8-9H2,1-2H3,(H,19,20). The van der Waals surface area contributed by atoms with Crippen molar-refractivity contribution in [3.8, 4) is 5.75 Å². The summed E-state index contributed by atoms with van der Waals surface area (Å²) in [4.78, 5) is 13.8. The Morgan fingerprint density at radius 1 is 1.38 bits per heavy atom. The smallest absolute Gasteiger partial charge is 0.321 e. The lowest BCUT2D eigenvalue weighted by Gasteiger charge is -2.36. The molecular formula is C17H23NO3. The Balaban J connectivity index is 1.93. The van der Waals surface area contributed by atoms with Gasteiger partial charge < -0.3 is 9.84 Å². The molecule has 21 heavy (non-hydrogen) atoms. The first kappa shape index (κ1) is 14.4. The van der Waals surface area contributed by atoms with Crippen LogP contribution in [-0.4, -0.2) is 35.7 Å². The monoisotopic (exact) mass is 289 g/mol. The zero-order chi connectivity index (χ0) is 15.0. The number of carboxylic acid groups (broad SMARTS) is 1. The minimum Gasteiger partial charge on any atom is -0.497 e. The molecule has 1 saturated heterocycles. The van der Waals surface area contributed by atoms with E-state index in [-0.39, 0.29) is 18.0 Å². The Hall–Kier alpha value is -1.55. The lowest BCUT2D eigenvalue weighted by molar-refractivity contribution is -0.144. The maximum atomic E-state index is 11.6. The van der Waals surface area contributed by atoms with Crippen LogP contribution in [0.1, 0.15) is 43.4 Å². The zero-order valence-electron chi connectivity index (χ0n) is 12.7. The van der Waals surface area contributed by atoms with Crippen LogP contribution in [-0.2, 0) is 11.2 Å². The van der Waals surface area contributed by atoms with Crippen molar-refractivity contribution in [2.75, 3.05) is 13.7 Å². The molecule has 0 radical (unpaired) electrons. The highest BCUT2D eigenvalue weighted by Gasteiger charge is 2.41. The maximum absolute atomic E-state index is 11.6. The molecule has 0 saturated carbocycles. The molecule has 1 aromatic rings. The molecule has 2 aliphatic rings. The van der Waals surface area contributed by atoms with E-state index in [4.69, 9.17) is 4.74 Å². The van der Waals surface area contributed by atoms with Crippen molar-refractivity contribution in [2.24, 2.45) is 5.92 Å². The van der Waals surface area contributed by atoms with E-state index >= 15 is 0 Å². The highest BCUT2D eigenvalue weighted by Crippen LogP contribution is 2.40. The van der Waals surface area contributed by atoms with Crippen molar-refractivity contribution in [3.05, 3.63) is 29.3 Å². The fraction of sp³-hybridized carbons (Fsp3) is 0.588. The second-order valence-electron chi connectivity index (χ2n) is 6.26. The highest BCUT2D eigenvalue weighted by molar-refractivity contribution is 5.74. The van der Waals surface area contributed by atoms with Crippen molar-refractivity contribution in [1.82, 2.24) is 4.90 Å². The lowest BCUT2D eigenvalue weighted by atomic mass is 9.86. The van der Waals surface area contributed by atoms with Gasteiger partial charge in [-0.25, -0.2) is 0 Å². The molecule has 0 aromatic heterocycles. The minimum absolute atomic E-state index is 0.228. The van der Waals surface area contributed by atoms with E-state index in [9.17, 15) is 9.90 Å². The Bertz CT molecular complexity index is 543. The van der Waals surface area contributed by atoms with Crippen LogP contribution in [0.15, 0.2) is 18.2 Å². The van der Waals surface area contributed by atoms with Gasteiger partial charge in [-0.3, -0.25) is 9.69 Å². The van der Waals surface area contributed by atoms with E-state index in [0.29, 0.717) is 0 Å². The number of likely N-dealkylation sites (tertiary alicyclic amines) is 1. The van der Waals surface area contributed by atoms with E-state index in [1.165, 1.54) is 11.1 Å². The van der Waals surface area contributed by atoms with Crippen LogP contribution in [0, 0.1) is 5.92 Å². The van der Waals surface area contributed by atoms with E-state index in [2.05, 4.69) is 24.0 Å². The molecular weight excluding hydrogens is 266 g/mol. The summed E-state index contributed by atoms with van der Waals surface area (Å²) in [6.07, 6.45) is 4.20. The first-order chi connectivity index (χ1) is 10.1. The summed E-state index contributed by atoms with van der Waals surface area (Å²) in [5.41, 5.74) is 2.61. The van der Waals surface area contributed by atoms with Gasteiger partial charge in [0.15, 0.2) is 0 Å². The number of carboxylic acids is 1. The Morgan fingerprint density at radius 2 is 2.19 bits per heavy atom. The van der Waals surface area contributed by atoms with Gasteiger partial charge in [-0.05, 0) is 61.4 Å². The normalized spacial score (nSPS) is 29.1. The number of ether oxygens (including phenoxy) is 1. The minimum atomic E-state index is -0.680. The van der Waals surface area contributed by atoms with Gasteiger partial charge in [0.25, 0.3) is 0 Å². The fourth-order valence-corrected chi connectivity index (χ4v) is 3.95. The summed E-state index contributed by atoms with van der Waals surface area (Å²) in [7, 11) is 1.69. The summed E-state index contributed by atoms with van der Waals surface area (Å²) in [6.45, 7) is 2.94. The van der Waals surface area contributed by atoms with Crippen molar-refractivity contribution in [2.45, 2.75) is 44.7 Å². The van der Waals surface area contributed by atoms with Gasteiger partial charge in [0, 0.05) is 6.04 Å². The topological polar surface area (TPSA) is 49.8 Å². The molecule has 1 heterocycles. The molecule has 0 amide bonds. The third-order valence-corrected chi connectivity index (χ3v) is 5.03. The number of hydrogen-bond donors (Lipinski definition) is 1. The van der Waals surface area contributed by atoms with Crippen LogP contribution in [0.4, 0.5) is 0 Å². The van der Waals surface area contributed by atoms with Crippen LogP contribution in [0.3, 0.4) is 0 Å². The van der Waals surface area contributed by atoms with Crippen LogP contribution < -0.4 is 4.74 Å². The quantitative estimate of drug-likeness (QED) is 0.929. The van der Waals surface area contributed by atoms with Crippen molar-refractivity contribution < 1.29 is 14.6 Å². The first-order valence-corrected chi connectivity index (χ1v) is 7.77. The average molecular weight is 289 g/mol. The molecule has 1 aliphatic carbocycles. The van der Waals surface area contributed by atoms with Gasteiger partial charge in [0.2, 0.25) is 0 Å². The number of rotatable bonds is 3. The van der Waals surface area contributed by atoms with E-state index in [1.807, 2.05) is 6.07 Å². The molecule has 3 unspecified atom stereocenters. The summed E-state index contributed by atoms with van der Waals surface area (Å²) < 4.78 is 5.31. The number of carbonyl (C=O) groups is 1. The molecule has 1 aromatic carbocycles. The Kier molecular flexibility index (Phi) is 3.89. The van der Waals surface area contributed by atoms with Gasteiger partial charge in [0.05, 0.1) is 7.11 Å². The molecule has 3 atom stereocenters. The third-order valence-electron chi connectivity index (χ3n) is 5.03. The predicted molar refractivity (Wildman–Crippen MR) is 80.6 cm³/mol. The second-order valence-corrected chi connectivity index (χ2v) is 6.26. The largest absolute Gasteiger partial charge is 0.497 e. The number of aliphatic carboxylic acids is 1. The molecule has 1 N–H and O–H groups in total. The van der Waals surface area contributed by atoms with Crippen LogP contribution in [0.5, 0.6) is 5.75 Å². The van der Waals surface area contributed by atoms with E-state index < -0.39 is 5.97 Å². The van der Waals surface area contributed by atoms with Crippen LogP contribution >= 0.6 is 0 Å². The molecule has 0 spiro atoms. The van der Waals surface area contributed by atoms with Gasteiger partial charge in [-0.2, -0.15) is 0 Å². The summed E-state index contributed by atoms with van der Waals surface area (Å²) in [5, 5.41) is 9.55. The molecule has 4 heteroatoms. The summed E-state index contributed by atoms with van der Waals surface area (Å²) >= 11 is 0. The molecule has 0 bridgehead atoms. The average Bonchev–Trinajstić information content (AvgIpc) is 2.87. The lowest BCUT2D eigenvalue weighted by Crippen LogP contribution is -2.42. The van der Waals surface area contributed by atoms with E-state index in [1.54, 1.807) is 7.11 Å². The number of nitrogens with zero attached hydrogens (tertiary/aromatic N) is 1. The van der Waals surface area contributed by atoms with E-state index in [0.717, 1.165) is 38.0 Å². The molecule has 4 nitrogen and oxygen atoms in total. The summed E-state index contributed by atoms with van der Waals surface area (Å²) in [6, 6.07) is 6.12. The molecule has 114 valence electrons. The predicted octanol–water partition coefficient (Wildman–Crippen LogP) is 2.87. The van der Waals surface area contributed by atoms with Crippen molar-refractivity contribution in [1.29, 1.82) is 0 Å². The second kappa shape index (κ2) is 5.68. The molecule has 3 rings (SSSR count). The fourth-order valence-electron chi connectivity index (χ4n) is 3.95. The third kappa shape index (κ3) is 2.53. The zero-order valence-corrected chi connectivity index (χ0v) is 12.7. The number of benzene rings is 1. The molecule has 1 fully saturated rings. The Labute approximate surface area is 125 Å². The number of aryl methyl sites for hydroxylation is 1. The highest BCUT2D eigenvalue weighted by atomic mass is 16.5. The van der Waals surface area contributed by atoms with Crippen molar-refractivity contribution >= 4 is 5.97 Å². The van der Waals surface area contributed by atoms with Gasteiger partial charge in [-0.1, -0.05) is 13.0 Å². The first-order valence-electron chi connectivity index (χ1n) is 7.77. The van der Waals surface area contributed by atoms with Gasteiger partial charge in [-0.15, -0.1) is 0 Å². The van der Waals surface area contributed by atoms with Gasteiger partial charge >= 0.3 is 5.97 Å². The van der Waals surface area contributed by atoms with Crippen LogP contribution in [0.25, 0.3) is 0 Å². The number of methoxy groups -OCH3 is 1. The SMILES string of the molecule is COc1ccc2c(c1)CCCC2N1CCC(C)C1C(=O)O. The van der Waals surface area contributed by atoms with Crippen LogP contribution in [0.2, 0.25) is 0 Å². The number of hydrogen-bond acceptors (Lipinski definition) is 3. The number of fused-ring (bicyclic) bond motifs is 1. The summed E-state index contributed by atoms with van der Waals surface area (Å²) in [5.74, 6) is 0.436. The maximum Gasteiger partial charge on any atom is 0.321 e. The van der Waals surface area contributed by atoms with Crippen molar-refractivity contribution in [3.63, 3.8) is 0 Å².